The molecular formula is C8H14F3NO3. The maximum absolute atomic E-state index is 12.1. The van der Waals surface area contributed by atoms with E-state index < -0.39 is 24.7 Å². The number of methoxy groups -OCH3 is 1. The fourth-order valence-electron chi connectivity index (χ4n) is 1.16. The SMILES string of the molecule is CCN(CC(F)(F)F)C(COC)C(=O)O. The molecule has 0 amide bonds. The Morgan fingerprint density at radius 3 is 2.33 bits per heavy atom. The summed E-state index contributed by atoms with van der Waals surface area (Å²) in [6.45, 7) is -0.0414. The molecule has 90 valence electrons. The van der Waals surface area contributed by atoms with Gasteiger partial charge in [-0.1, -0.05) is 6.92 Å². The Bertz CT molecular complexity index is 208. The van der Waals surface area contributed by atoms with Crippen LogP contribution in [0.2, 0.25) is 0 Å². The molecule has 4 nitrogen and oxygen atoms in total. The predicted molar refractivity (Wildman–Crippen MR) is 46.6 cm³/mol. The highest BCUT2D eigenvalue weighted by Gasteiger charge is 2.35. The minimum absolute atomic E-state index is 0.000162. The molecular weight excluding hydrogens is 215 g/mol. The van der Waals surface area contributed by atoms with Crippen molar-refractivity contribution in [2.24, 2.45) is 0 Å². The Kier molecular flexibility index (Phi) is 5.59. The maximum Gasteiger partial charge on any atom is 0.401 e. The smallest absolute Gasteiger partial charge is 0.401 e. The van der Waals surface area contributed by atoms with Gasteiger partial charge in [0.2, 0.25) is 0 Å². The second-order valence-electron chi connectivity index (χ2n) is 2.99. The molecule has 1 atom stereocenters. The standard InChI is InChI=1S/C8H14F3NO3/c1-3-12(5-8(9,10)11)6(4-15-2)7(13)14/h6H,3-5H2,1-2H3,(H,13,14). The number of carboxylic acid groups (broad SMARTS) is 1. The first-order chi connectivity index (χ1) is 6.81. The van der Waals surface area contributed by atoms with E-state index in [0.717, 1.165) is 4.90 Å². The van der Waals surface area contributed by atoms with Crippen molar-refractivity contribution < 1.29 is 27.8 Å². The monoisotopic (exact) mass is 229 g/mol. The van der Waals surface area contributed by atoms with Crippen LogP contribution in [0.3, 0.4) is 0 Å². The number of halogens is 3. The van der Waals surface area contributed by atoms with E-state index in [4.69, 9.17) is 5.11 Å². The zero-order chi connectivity index (χ0) is 12.1. The van der Waals surface area contributed by atoms with E-state index in [9.17, 15) is 18.0 Å². The summed E-state index contributed by atoms with van der Waals surface area (Å²) in [6.07, 6.45) is -4.41. The highest BCUT2D eigenvalue weighted by Crippen LogP contribution is 2.18. The van der Waals surface area contributed by atoms with E-state index in [1.54, 1.807) is 0 Å². The lowest BCUT2D eigenvalue weighted by molar-refractivity contribution is -0.164. The van der Waals surface area contributed by atoms with Gasteiger partial charge in [-0.2, -0.15) is 13.2 Å². The van der Waals surface area contributed by atoms with Gasteiger partial charge in [-0.15, -0.1) is 0 Å². The third-order valence-electron chi connectivity index (χ3n) is 1.84. The van der Waals surface area contributed by atoms with E-state index in [-0.39, 0.29) is 13.2 Å². The van der Waals surface area contributed by atoms with E-state index in [2.05, 4.69) is 4.74 Å². The molecule has 1 N–H and O–H groups in total. The molecule has 0 aliphatic rings. The van der Waals surface area contributed by atoms with Gasteiger partial charge in [0.25, 0.3) is 0 Å². The Morgan fingerprint density at radius 2 is 2.07 bits per heavy atom. The van der Waals surface area contributed by atoms with Gasteiger partial charge in [-0.25, -0.2) is 0 Å². The van der Waals surface area contributed by atoms with Crippen LogP contribution >= 0.6 is 0 Å². The van der Waals surface area contributed by atoms with Crippen LogP contribution in [0.5, 0.6) is 0 Å². The topological polar surface area (TPSA) is 49.8 Å². The zero-order valence-corrected chi connectivity index (χ0v) is 8.54. The first kappa shape index (κ1) is 14.2. The second-order valence-corrected chi connectivity index (χ2v) is 2.99. The van der Waals surface area contributed by atoms with Crippen LogP contribution in [0.25, 0.3) is 0 Å². The Hall–Kier alpha value is -0.820. The number of hydrogen-bond acceptors (Lipinski definition) is 3. The van der Waals surface area contributed by atoms with Crippen molar-refractivity contribution in [3.63, 3.8) is 0 Å². The van der Waals surface area contributed by atoms with Crippen molar-refractivity contribution >= 4 is 5.97 Å². The molecule has 0 radical (unpaired) electrons. The molecule has 0 aromatic rings. The summed E-state index contributed by atoms with van der Waals surface area (Å²) in [5.74, 6) is -1.32. The predicted octanol–water partition coefficient (Wildman–Crippen LogP) is 0.970. The van der Waals surface area contributed by atoms with Crippen molar-refractivity contribution in [1.82, 2.24) is 4.90 Å². The van der Waals surface area contributed by atoms with Crippen LogP contribution < -0.4 is 0 Å². The van der Waals surface area contributed by atoms with E-state index in [0.29, 0.717) is 0 Å². The molecule has 0 rings (SSSR count). The van der Waals surface area contributed by atoms with Gasteiger partial charge >= 0.3 is 12.1 Å². The lowest BCUT2D eigenvalue weighted by Gasteiger charge is -2.27. The van der Waals surface area contributed by atoms with Gasteiger partial charge in [0.1, 0.15) is 6.04 Å². The molecule has 0 fully saturated rings. The molecule has 0 bridgehead atoms. The summed E-state index contributed by atoms with van der Waals surface area (Å²) < 4.78 is 40.8. The van der Waals surface area contributed by atoms with E-state index in [1.165, 1.54) is 14.0 Å². The summed E-state index contributed by atoms with van der Waals surface area (Å²) in [5, 5.41) is 8.71. The Balaban J connectivity index is 4.52. The molecule has 7 heteroatoms. The van der Waals surface area contributed by atoms with Gasteiger partial charge in [0.05, 0.1) is 13.2 Å². The normalized spacial score (nSPS) is 14.3. The molecule has 0 aliphatic carbocycles. The average molecular weight is 229 g/mol. The van der Waals surface area contributed by atoms with Crippen LogP contribution in [0.15, 0.2) is 0 Å². The van der Waals surface area contributed by atoms with E-state index >= 15 is 0 Å². The minimum atomic E-state index is -4.41. The zero-order valence-electron chi connectivity index (χ0n) is 8.54. The molecule has 0 heterocycles. The molecule has 15 heavy (non-hydrogen) atoms. The summed E-state index contributed by atoms with van der Waals surface area (Å²) in [5.41, 5.74) is 0. The van der Waals surface area contributed by atoms with Crippen molar-refractivity contribution in [2.45, 2.75) is 19.1 Å². The van der Waals surface area contributed by atoms with Crippen molar-refractivity contribution in [1.29, 1.82) is 0 Å². The van der Waals surface area contributed by atoms with Crippen molar-refractivity contribution in [2.75, 3.05) is 26.8 Å². The van der Waals surface area contributed by atoms with Gasteiger partial charge in [-0.05, 0) is 6.54 Å². The summed E-state index contributed by atoms with van der Waals surface area (Å²) in [4.78, 5) is 11.5. The van der Waals surface area contributed by atoms with Crippen LogP contribution in [0.4, 0.5) is 13.2 Å². The third-order valence-corrected chi connectivity index (χ3v) is 1.84. The summed E-state index contributed by atoms with van der Waals surface area (Å²) >= 11 is 0. The number of likely N-dealkylation sites (N-methyl/N-ethyl adjacent to an activating group) is 1. The minimum Gasteiger partial charge on any atom is -0.480 e. The fourth-order valence-corrected chi connectivity index (χ4v) is 1.16. The molecule has 0 aromatic heterocycles. The summed E-state index contributed by atoms with van der Waals surface area (Å²) in [6, 6.07) is -1.26. The molecule has 0 aliphatic heterocycles. The third kappa shape index (κ3) is 5.58. The number of alkyl halides is 3. The number of rotatable bonds is 6. The van der Waals surface area contributed by atoms with Crippen LogP contribution in [-0.4, -0.2) is 55.0 Å². The second kappa shape index (κ2) is 5.92. The molecule has 0 aromatic carbocycles. The van der Waals surface area contributed by atoms with Crippen LogP contribution in [0, 0.1) is 0 Å². The number of nitrogens with zero attached hydrogens (tertiary/aromatic N) is 1. The highest BCUT2D eigenvalue weighted by molar-refractivity contribution is 5.73. The number of carbonyl (C=O) groups is 1. The quantitative estimate of drug-likeness (QED) is 0.737. The van der Waals surface area contributed by atoms with Crippen molar-refractivity contribution in [3.05, 3.63) is 0 Å². The van der Waals surface area contributed by atoms with Gasteiger partial charge in [0, 0.05) is 7.11 Å². The fraction of sp³-hybridized carbons (Fsp3) is 0.875. The van der Waals surface area contributed by atoms with Gasteiger partial charge < -0.3 is 9.84 Å². The van der Waals surface area contributed by atoms with E-state index in [1.807, 2.05) is 0 Å². The molecule has 0 saturated carbocycles. The Morgan fingerprint density at radius 1 is 1.53 bits per heavy atom. The average Bonchev–Trinajstić information content (AvgIpc) is 2.08. The van der Waals surface area contributed by atoms with Crippen LogP contribution in [0.1, 0.15) is 6.92 Å². The summed E-state index contributed by atoms with van der Waals surface area (Å²) in [7, 11) is 1.25. The first-order valence-electron chi connectivity index (χ1n) is 4.34. The molecule has 0 spiro atoms. The largest absolute Gasteiger partial charge is 0.480 e. The number of carboxylic acids is 1. The lowest BCUT2D eigenvalue weighted by atomic mass is 10.2. The van der Waals surface area contributed by atoms with Crippen molar-refractivity contribution in [3.8, 4) is 0 Å². The Labute approximate surface area is 85.6 Å². The number of hydrogen-bond donors (Lipinski definition) is 1. The number of aliphatic carboxylic acids is 1. The van der Waals surface area contributed by atoms with Gasteiger partial charge in [-0.3, -0.25) is 9.69 Å². The first-order valence-corrected chi connectivity index (χ1v) is 4.34. The highest BCUT2D eigenvalue weighted by atomic mass is 19.4. The molecule has 1 unspecified atom stereocenters. The van der Waals surface area contributed by atoms with Crippen LogP contribution in [-0.2, 0) is 9.53 Å². The lowest BCUT2D eigenvalue weighted by Crippen LogP contribution is -2.48. The molecule has 0 saturated heterocycles. The number of ether oxygens (including phenoxy) is 1. The maximum atomic E-state index is 12.1. The van der Waals surface area contributed by atoms with Gasteiger partial charge in [0.15, 0.2) is 0 Å².